The van der Waals surface area contributed by atoms with Crippen molar-refractivity contribution >= 4 is 44.8 Å². The van der Waals surface area contributed by atoms with E-state index in [9.17, 15) is 0 Å². The summed E-state index contributed by atoms with van der Waals surface area (Å²) >= 11 is 9.79. The lowest BCUT2D eigenvalue weighted by atomic mass is 10.2. The molecular formula is C12H13ClS2. The number of benzene rings is 1. The van der Waals surface area contributed by atoms with Crippen LogP contribution < -0.4 is 0 Å². The Balaban J connectivity index is 2.23. The van der Waals surface area contributed by atoms with Crippen molar-refractivity contribution in [1.29, 1.82) is 0 Å². The van der Waals surface area contributed by atoms with E-state index in [1.54, 1.807) is 0 Å². The van der Waals surface area contributed by atoms with Crippen molar-refractivity contribution in [3.8, 4) is 0 Å². The predicted octanol–water partition coefficient (Wildman–Crippen LogP) is 5.20. The van der Waals surface area contributed by atoms with Crippen molar-refractivity contribution in [2.75, 3.05) is 0 Å². The normalized spacial score (nSPS) is 11.5. The largest absolute Gasteiger partial charge is 0.154 e. The highest BCUT2D eigenvalue weighted by atomic mass is 35.5. The highest BCUT2D eigenvalue weighted by Gasteiger charge is 2.03. The Labute approximate surface area is 104 Å². The number of thiophene rings is 1. The van der Waals surface area contributed by atoms with Gasteiger partial charge in [0.15, 0.2) is 0 Å². The number of rotatable bonds is 3. The van der Waals surface area contributed by atoms with Gasteiger partial charge in [-0.2, -0.15) is 11.8 Å². The first kappa shape index (κ1) is 11.3. The zero-order valence-corrected chi connectivity index (χ0v) is 11.2. The van der Waals surface area contributed by atoms with E-state index in [-0.39, 0.29) is 0 Å². The summed E-state index contributed by atoms with van der Waals surface area (Å²) in [5.41, 5.74) is 0. The zero-order valence-electron chi connectivity index (χ0n) is 8.79. The lowest BCUT2D eigenvalue weighted by molar-refractivity contribution is 1.11. The molecule has 0 bridgehead atoms. The molecule has 0 aliphatic heterocycles. The number of thioether (sulfide) groups is 1. The summed E-state index contributed by atoms with van der Waals surface area (Å²) in [5, 5.41) is 2.83. The summed E-state index contributed by atoms with van der Waals surface area (Å²) < 4.78 is 1.29. The minimum Gasteiger partial charge on any atom is -0.154 e. The van der Waals surface area contributed by atoms with Crippen LogP contribution >= 0.6 is 34.7 Å². The summed E-state index contributed by atoms with van der Waals surface area (Å²) in [7, 11) is 0. The highest BCUT2D eigenvalue weighted by molar-refractivity contribution is 7.99. The van der Waals surface area contributed by atoms with Crippen LogP contribution in [0.25, 0.3) is 10.1 Å². The van der Waals surface area contributed by atoms with Crippen LogP contribution in [0.3, 0.4) is 0 Å². The number of halogens is 1. The lowest BCUT2D eigenvalue weighted by Crippen LogP contribution is -1.85. The molecule has 15 heavy (non-hydrogen) atoms. The van der Waals surface area contributed by atoms with Gasteiger partial charge in [0.1, 0.15) is 0 Å². The monoisotopic (exact) mass is 256 g/mol. The second-order valence-corrected chi connectivity index (χ2v) is 6.92. The molecule has 0 saturated carbocycles. The molecule has 1 aromatic heterocycles. The topological polar surface area (TPSA) is 0 Å². The Kier molecular flexibility index (Phi) is 3.60. The fourth-order valence-corrected chi connectivity index (χ4v) is 3.54. The fraction of sp³-hybridized carbons (Fsp3) is 0.333. The molecule has 0 atom stereocenters. The SMILES string of the molecule is CC(C)SCc1cc2ccc(Cl)cc2s1. The molecule has 0 saturated heterocycles. The van der Waals surface area contributed by atoms with Gasteiger partial charge in [-0.15, -0.1) is 11.3 Å². The van der Waals surface area contributed by atoms with E-state index in [0.29, 0.717) is 5.25 Å². The number of hydrogen-bond acceptors (Lipinski definition) is 2. The quantitative estimate of drug-likeness (QED) is 0.728. The third-order valence-electron chi connectivity index (χ3n) is 2.09. The molecule has 0 unspecified atom stereocenters. The summed E-state index contributed by atoms with van der Waals surface area (Å²) in [6.07, 6.45) is 0. The number of fused-ring (bicyclic) bond motifs is 1. The Hall–Kier alpha value is -0.180. The van der Waals surface area contributed by atoms with Crippen molar-refractivity contribution in [3.63, 3.8) is 0 Å². The molecule has 0 radical (unpaired) electrons. The van der Waals surface area contributed by atoms with Crippen LogP contribution in [0.4, 0.5) is 0 Å². The first-order valence-electron chi connectivity index (χ1n) is 4.95. The molecule has 0 fully saturated rings. The van der Waals surface area contributed by atoms with E-state index in [0.717, 1.165) is 10.8 Å². The molecule has 80 valence electrons. The van der Waals surface area contributed by atoms with Crippen molar-refractivity contribution in [3.05, 3.63) is 34.2 Å². The molecule has 1 heterocycles. The molecule has 0 spiro atoms. The Morgan fingerprint density at radius 3 is 2.87 bits per heavy atom. The zero-order chi connectivity index (χ0) is 10.8. The number of hydrogen-bond donors (Lipinski definition) is 0. The van der Waals surface area contributed by atoms with Crippen LogP contribution in [0.2, 0.25) is 5.02 Å². The molecule has 0 aliphatic rings. The van der Waals surface area contributed by atoms with E-state index >= 15 is 0 Å². The first-order chi connectivity index (χ1) is 7.15. The van der Waals surface area contributed by atoms with Gasteiger partial charge in [-0.1, -0.05) is 31.5 Å². The van der Waals surface area contributed by atoms with Gasteiger partial charge < -0.3 is 0 Å². The molecule has 3 heteroatoms. The minimum atomic E-state index is 0.693. The lowest BCUT2D eigenvalue weighted by Gasteiger charge is -2.00. The standard InChI is InChI=1S/C12H13ClS2/c1-8(2)14-7-11-5-9-3-4-10(13)6-12(9)15-11/h3-6,8H,7H2,1-2H3. The van der Waals surface area contributed by atoms with Gasteiger partial charge in [0.05, 0.1) is 0 Å². The van der Waals surface area contributed by atoms with Crippen LogP contribution in [0.5, 0.6) is 0 Å². The van der Waals surface area contributed by atoms with Gasteiger partial charge in [0, 0.05) is 20.4 Å². The molecule has 2 aromatic rings. The van der Waals surface area contributed by atoms with Crippen molar-refractivity contribution in [1.82, 2.24) is 0 Å². The van der Waals surface area contributed by atoms with E-state index in [1.807, 2.05) is 35.2 Å². The van der Waals surface area contributed by atoms with Crippen LogP contribution in [-0.2, 0) is 5.75 Å². The van der Waals surface area contributed by atoms with E-state index in [1.165, 1.54) is 15.0 Å². The summed E-state index contributed by atoms with van der Waals surface area (Å²) in [6.45, 7) is 4.46. The van der Waals surface area contributed by atoms with Gasteiger partial charge in [0.2, 0.25) is 0 Å². The van der Waals surface area contributed by atoms with Gasteiger partial charge in [0.25, 0.3) is 0 Å². The first-order valence-corrected chi connectivity index (χ1v) is 7.19. The maximum atomic E-state index is 5.96. The third kappa shape index (κ3) is 2.90. The smallest absolute Gasteiger partial charge is 0.0420 e. The second-order valence-electron chi connectivity index (χ2n) is 3.75. The molecule has 0 N–H and O–H groups in total. The maximum Gasteiger partial charge on any atom is 0.0420 e. The van der Waals surface area contributed by atoms with Crippen LogP contribution in [0.1, 0.15) is 18.7 Å². The summed E-state index contributed by atoms with van der Waals surface area (Å²) in [4.78, 5) is 1.44. The molecule has 0 nitrogen and oxygen atoms in total. The summed E-state index contributed by atoms with van der Waals surface area (Å²) in [6, 6.07) is 8.37. The highest BCUT2D eigenvalue weighted by Crippen LogP contribution is 2.31. The predicted molar refractivity (Wildman–Crippen MR) is 73.3 cm³/mol. The Morgan fingerprint density at radius 1 is 1.33 bits per heavy atom. The summed E-state index contributed by atoms with van der Waals surface area (Å²) in [5.74, 6) is 1.11. The molecule has 0 amide bonds. The van der Waals surface area contributed by atoms with Crippen molar-refractivity contribution in [2.45, 2.75) is 24.9 Å². The maximum absolute atomic E-state index is 5.96. The van der Waals surface area contributed by atoms with E-state index in [4.69, 9.17) is 11.6 Å². The second kappa shape index (κ2) is 4.77. The van der Waals surface area contributed by atoms with Gasteiger partial charge >= 0.3 is 0 Å². The molecule has 1 aromatic carbocycles. The average molecular weight is 257 g/mol. The molecule has 2 rings (SSSR count). The van der Waals surface area contributed by atoms with Gasteiger partial charge in [-0.05, 0) is 28.8 Å². The fourth-order valence-electron chi connectivity index (χ4n) is 1.38. The Bertz CT molecular complexity index is 460. The van der Waals surface area contributed by atoms with Crippen LogP contribution in [-0.4, -0.2) is 5.25 Å². The van der Waals surface area contributed by atoms with E-state index < -0.39 is 0 Å². The van der Waals surface area contributed by atoms with Gasteiger partial charge in [-0.25, -0.2) is 0 Å². The van der Waals surface area contributed by atoms with Crippen molar-refractivity contribution in [2.24, 2.45) is 0 Å². The van der Waals surface area contributed by atoms with E-state index in [2.05, 4.69) is 26.0 Å². The van der Waals surface area contributed by atoms with Gasteiger partial charge in [-0.3, -0.25) is 0 Å². The third-order valence-corrected chi connectivity index (χ3v) is 4.75. The average Bonchev–Trinajstić information content (AvgIpc) is 2.56. The molecular weight excluding hydrogens is 244 g/mol. The van der Waals surface area contributed by atoms with Crippen LogP contribution in [0.15, 0.2) is 24.3 Å². The molecule has 0 aliphatic carbocycles. The van der Waals surface area contributed by atoms with Crippen LogP contribution in [0, 0.1) is 0 Å². The minimum absolute atomic E-state index is 0.693. The Morgan fingerprint density at radius 2 is 2.13 bits per heavy atom. The van der Waals surface area contributed by atoms with Crippen molar-refractivity contribution < 1.29 is 0 Å².